The van der Waals surface area contributed by atoms with Crippen molar-refractivity contribution in [2.45, 2.75) is 13.1 Å². The van der Waals surface area contributed by atoms with Gasteiger partial charge in [-0.25, -0.2) is 9.36 Å². The molecule has 220 valence electrons. The van der Waals surface area contributed by atoms with E-state index < -0.39 is 11.9 Å². The minimum atomic E-state index is -1.17. The van der Waals surface area contributed by atoms with Crippen molar-refractivity contribution in [3.8, 4) is 0 Å². The monoisotopic (exact) mass is 594 g/mol. The number of fused-ring (bicyclic) bond motifs is 2. The third kappa shape index (κ3) is 15.1. The second kappa shape index (κ2) is 26.9. The van der Waals surface area contributed by atoms with Gasteiger partial charge in [0.1, 0.15) is 11.0 Å². The Morgan fingerprint density at radius 3 is 1.14 bits per heavy atom. The predicted octanol–water partition coefficient (Wildman–Crippen LogP) is -10.3. The second-order valence-corrected chi connectivity index (χ2v) is 5.22. The van der Waals surface area contributed by atoms with Gasteiger partial charge in [-0.1, -0.05) is 34.7 Å². The molecule has 0 saturated carbocycles. The largest absolute Gasteiger partial charge is 2.00 e. The van der Waals surface area contributed by atoms with Crippen LogP contribution in [0, 0.1) is 0 Å². The van der Waals surface area contributed by atoms with Crippen LogP contribution in [0.1, 0.15) is 0 Å². The van der Waals surface area contributed by atoms with E-state index in [1.807, 2.05) is 12.1 Å². The average Bonchev–Trinajstić information content (AvgIpc) is 3.20. The minimum Gasteiger partial charge on any atom is -0.548 e. The molecule has 4 aromatic rings. The third-order valence-corrected chi connectivity index (χ3v) is 3.40. The van der Waals surface area contributed by atoms with Gasteiger partial charge in [-0.15, -0.1) is 10.2 Å². The molecule has 0 amide bonds. The smallest absolute Gasteiger partial charge is 0.548 e. The maximum absolute atomic E-state index is 10.3. The summed E-state index contributed by atoms with van der Waals surface area (Å²) in [4.78, 5) is 20.6. The van der Waals surface area contributed by atoms with E-state index in [1.54, 1.807) is 36.4 Å². The van der Waals surface area contributed by atoms with Gasteiger partial charge in [0, 0.05) is 0 Å². The molecular formula is C16H36N6NiO14+4. The summed E-state index contributed by atoms with van der Waals surface area (Å²) in [7, 11) is 0. The van der Waals surface area contributed by atoms with Gasteiger partial charge in [0.15, 0.2) is 0 Å². The molecule has 21 heteroatoms. The molecular weight excluding hydrogens is 559 g/mol. The number of rotatable bonds is 4. The molecule has 2 aromatic heterocycles. The minimum absolute atomic E-state index is 0. The Morgan fingerprint density at radius 2 is 0.865 bits per heavy atom. The Morgan fingerprint density at radius 1 is 0.595 bits per heavy atom. The van der Waals surface area contributed by atoms with Gasteiger partial charge in [0.05, 0.1) is 36.1 Å². The first-order chi connectivity index (χ1) is 12.5. The normalized spacial score (nSPS) is 7.35. The molecule has 0 radical (unpaired) electrons. The number of hydrogen-bond donors (Lipinski definition) is 0. The van der Waals surface area contributed by atoms with Gasteiger partial charge in [0.2, 0.25) is 0 Å². The van der Waals surface area contributed by atoms with Crippen LogP contribution in [0.2, 0.25) is 0 Å². The van der Waals surface area contributed by atoms with Crippen LogP contribution in [0.3, 0.4) is 0 Å². The number of carbonyl (C=O) groups excluding carboxylic acids is 2. The SMILES string of the molecule is O.O.O.O.O.O.O=C([O-])Cn1nnc2ccccc21.O=C([O-])Cn1nnc2ccccc21.[Ni+2].[OH3+].[OH3+].[OH3+].[OH3+]. The zero-order chi connectivity index (χ0) is 18.5. The number of benzene rings is 2. The number of para-hydroxylation sites is 2. The van der Waals surface area contributed by atoms with Crippen LogP contribution in [0.15, 0.2) is 48.5 Å². The molecule has 0 atom stereocenters. The van der Waals surface area contributed by atoms with Gasteiger partial charge >= 0.3 is 16.5 Å². The maximum atomic E-state index is 10.3. The molecule has 24 N–H and O–H groups in total. The quantitative estimate of drug-likeness (QED) is 0.161. The van der Waals surface area contributed by atoms with E-state index in [2.05, 4.69) is 20.6 Å². The fourth-order valence-corrected chi connectivity index (χ4v) is 2.31. The molecule has 0 fully saturated rings. The summed E-state index contributed by atoms with van der Waals surface area (Å²) in [5.74, 6) is -2.34. The standard InChI is InChI=1S/2C8H7N3O2.Ni.10H2O/c2*12-8(13)5-11-7-4-2-1-3-6(7)9-10-11;;;;;;;;;;;/h2*1-4H,5H2,(H,12,13);;10*1H2/q;;+2;;;;;;;;;;/p+2. The van der Waals surface area contributed by atoms with E-state index in [-0.39, 0.29) is 84.3 Å². The summed E-state index contributed by atoms with van der Waals surface area (Å²) >= 11 is 0. The number of carbonyl (C=O) groups is 2. The van der Waals surface area contributed by atoms with Crippen LogP contribution in [-0.4, -0.2) is 74.8 Å². The maximum Gasteiger partial charge on any atom is 2.00 e. The number of hydrogen-bond acceptors (Lipinski definition) is 8. The van der Waals surface area contributed by atoms with E-state index in [0.29, 0.717) is 22.1 Å². The summed E-state index contributed by atoms with van der Waals surface area (Å²) in [6.07, 6.45) is 0. The molecule has 4 rings (SSSR count). The van der Waals surface area contributed by atoms with Crippen molar-refractivity contribution in [2.24, 2.45) is 0 Å². The number of aliphatic carboxylic acids is 2. The Balaban J connectivity index is -0.0000000467. The summed E-state index contributed by atoms with van der Waals surface area (Å²) in [6.45, 7) is -0.527. The van der Waals surface area contributed by atoms with E-state index in [4.69, 9.17) is 0 Å². The average molecular weight is 595 g/mol. The van der Waals surface area contributed by atoms with Gasteiger partial charge in [-0.3, -0.25) is 0 Å². The molecule has 0 saturated heterocycles. The zero-order valence-electron chi connectivity index (χ0n) is 19.0. The molecule has 0 unspecified atom stereocenters. The van der Waals surface area contributed by atoms with Crippen molar-refractivity contribution in [1.82, 2.24) is 30.0 Å². The topological polar surface area (TPSA) is 463 Å². The van der Waals surface area contributed by atoms with Crippen molar-refractivity contribution in [1.29, 1.82) is 0 Å². The molecule has 0 spiro atoms. The Kier molecular flexibility index (Phi) is 42.7. The molecule has 2 aromatic carbocycles. The van der Waals surface area contributed by atoms with Crippen molar-refractivity contribution < 1.29 is 91.1 Å². The van der Waals surface area contributed by atoms with Crippen molar-refractivity contribution in [3.05, 3.63) is 48.5 Å². The first-order valence-electron chi connectivity index (χ1n) is 7.51. The molecule has 37 heavy (non-hydrogen) atoms. The Labute approximate surface area is 217 Å². The van der Waals surface area contributed by atoms with E-state index >= 15 is 0 Å². The predicted molar refractivity (Wildman–Crippen MR) is 126 cm³/mol. The molecule has 0 bridgehead atoms. The number of carboxylic acids is 2. The number of aromatic nitrogens is 6. The van der Waals surface area contributed by atoms with Crippen molar-refractivity contribution in [3.63, 3.8) is 0 Å². The summed E-state index contributed by atoms with van der Waals surface area (Å²) in [6, 6.07) is 14.3. The fourth-order valence-electron chi connectivity index (χ4n) is 2.31. The van der Waals surface area contributed by atoms with Crippen LogP contribution in [0.4, 0.5) is 0 Å². The summed E-state index contributed by atoms with van der Waals surface area (Å²) in [5, 5.41) is 35.6. The molecule has 0 aliphatic heterocycles. The van der Waals surface area contributed by atoms with Crippen LogP contribution in [-0.2, 0) is 61.1 Å². The second-order valence-electron chi connectivity index (χ2n) is 5.22. The van der Waals surface area contributed by atoms with Crippen LogP contribution in [0.5, 0.6) is 0 Å². The molecule has 0 aliphatic rings. The first-order valence-corrected chi connectivity index (χ1v) is 7.51. The van der Waals surface area contributed by atoms with Crippen molar-refractivity contribution >= 4 is 34.0 Å². The van der Waals surface area contributed by atoms with E-state index in [9.17, 15) is 19.8 Å². The number of nitrogens with zero attached hydrogens (tertiary/aromatic N) is 6. The molecule has 20 nitrogen and oxygen atoms in total. The van der Waals surface area contributed by atoms with E-state index in [1.165, 1.54) is 9.36 Å². The van der Waals surface area contributed by atoms with Crippen molar-refractivity contribution in [2.75, 3.05) is 0 Å². The fraction of sp³-hybridized carbons (Fsp3) is 0.125. The third-order valence-electron chi connectivity index (χ3n) is 3.40. The van der Waals surface area contributed by atoms with Gasteiger partial charge in [0.25, 0.3) is 0 Å². The Bertz CT molecular complexity index is 1010. The number of carboxylic acid groups (broad SMARTS) is 2. The van der Waals surface area contributed by atoms with Gasteiger partial charge in [-0.05, 0) is 24.3 Å². The molecule has 0 aliphatic carbocycles. The molecule has 2 heterocycles. The van der Waals surface area contributed by atoms with Crippen LogP contribution >= 0.6 is 0 Å². The van der Waals surface area contributed by atoms with Crippen LogP contribution < -0.4 is 10.2 Å². The van der Waals surface area contributed by atoms with Gasteiger partial charge < -0.3 is 74.6 Å². The zero-order valence-corrected chi connectivity index (χ0v) is 20.0. The van der Waals surface area contributed by atoms with E-state index in [0.717, 1.165) is 0 Å². The first kappa shape index (κ1) is 58.8. The Hall–Kier alpha value is -3.73. The van der Waals surface area contributed by atoms with Crippen LogP contribution in [0.25, 0.3) is 22.1 Å². The summed E-state index contributed by atoms with van der Waals surface area (Å²) in [5.41, 5.74) is 2.77. The summed E-state index contributed by atoms with van der Waals surface area (Å²) < 4.78 is 2.59. The van der Waals surface area contributed by atoms with Gasteiger partial charge in [-0.2, -0.15) is 0 Å².